The minimum absolute atomic E-state index is 0.147. The molecule has 10 heteroatoms. The first-order valence-corrected chi connectivity index (χ1v) is 10.2. The van der Waals surface area contributed by atoms with E-state index in [0.717, 1.165) is 16.9 Å². The summed E-state index contributed by atoms with van der Waals surface area (Å²) in [6.07, 6.45) is 0.624. The molecule has 3 heterocycles. The molecule has 0 saturated carbocycles. The molecule has 1 aromatic carbocycles. The molecule has 0 amide bonds. The molecule has 4 rings (SSSR count). The van der Waals surface area contributed by atoms with Crippen molar-refractivity contribution in [3.63, 3.8) is 0 Å². The Bertz CT molecular complexity index is 1040. The van der Waals surface area contributed by atoms with Crippen molar-refractivity contribution in [3.8, 4) is 22.9 Å². The lowest BCUT2D eigenvalue weighted by atomic mass is 10.2. The average Bonchev–Trinajstić information content (AvgIpc) is 3.38. The molecule has 0 radical (unpaired) electrons. The van der Waals surface area contributed by atoms with Gasteiger partial charge in [0, 0.05) is 23.9 Å². The van der Waals surface area contributed by atoms with E-state index in [1.54, 1.807) is 23.6 Å². The van der Waals surface area contributed by atoms with Gasteiger partial charge in [0.1, 0.15) is 4.21 Å². The molecule has 26 heavy (non-hydrogen) atoms. The van der Waals surface area contributed by atoms with Crippen LogP contribution in [-0.2, 0) is 23.0 Å². The van der Waals surface area contributed by atoms with Crippen molar-refractivity contribution in [3.05, 3.63) is 41.1 Å². The quantitative estimate of drug-likeness (QED) is 0.686. The Balaban J connectivity index is 1.48. The van der Waals surface area contributed by atoms with Crippen LogP contribution in [0.2, 0.25) is 0 Å². The van der Waals surface area contributed by atoms with E-state index < -0.39 is 10.0 Å². The van der Waals surface area contributed by atoms with Crippen LogP contribution < -0.4 is 14.2 Å². The Morgan fingerprint density at radius 2 is 2.08 bits per heavy atom. The molecule has 0 saturated heterocycles. The number of rotatable bonds is 6. The van der Waals surface area contributed by atoms with Crippen LogP contribution in [0, 0.1) is 0 Å². The maximum Gasteiger partial charge on any atom is 0.250 e. The molecule has 136 valence electrons. The largest absolute Gasteiger partial charge is 0.454 e. The van der Waals surface area contributed by atoms with Crippen molar-refractivity contribution >= 4 is 21.4 Å². The summed E-state index contributed by atoms with van der Waals surface area (Å²) in [5.41, 5.74) is 1.39. The lowest BCUT2D eigenvalue weighted by Crippen LogP contribution is -2.22. The van der Waals surface area contributed by atoms with Gasteiger partial charge in [-0.2, -0.15) is 4.98 Å². The first-order chi connectivity index (χ1) is 12.5. The van der Waals surface area contributed by atoms with Crippen LogP contribution in [-0.4, -0.2) is 25.4 Å². The van der Waals surface area contributed by atoms with E-state index in [1.807, 2.05) is 6.92 Å². The van der Waals surface area contributed by atoms with E-state index in [0.29, 0.717) is 35.2 Å². The fraction of sp³-hybridized carbons (Fsp3) is 0.250. The van der Waals surface area contributed by atoms with E-state index in [9.17, 15) is 8.42 Å². The highest BCUT2D eigenvalue weighted by Gasteiger charge is 2.20. The van der Waals surface area contributed by atoms with Crippen molar-refractivity contribution in [2.45, 2.75) is 24.1 Å². The predicted molar refractivity (Wildman–Crippen MR) is 93.6 cm³/mol. The third-order valence-corrected chi connectivity index (χ3v) is 6.61. The van der Waals surface area contributed by atoms with Gasteiger partial charge in [-0.15, -0.1) is 11.3 Å². The topological polar surface area (TPSA) is 104 Å². The van der Waals surface area contributed by atoms with Crippen LogP contribution in [0.4, 0.5) is 0 Å². The molecule has 3 aromatic rings. The second-order valence-electron chi connectivity index (χ2n) is 5.53. The minimum atomic E-state index is -3.65. The number of nitrogens with zero attached hydrogens (tertiary/aromatic N) is 2. The number of hydrogen-bond donors (Lipinski definition) is 1. The number of thiophene rings is 1. The van der Waals surface area contributed by atoms with Gasteiger partial charge in [-0.05, 0) is 23.8 Å². The second kappa shape index (κ2) is 6.71. The monoisotopic (exact) mass is 393 g/mol. The molecule has 0 spiro atoms. The third kappa shape index (κ3) is 3.30. The van der Waals surface area contributed by atoms with Crippen molar-refractivity contribution in [1.29, 1.82) is 0 Å². The molecule has 0 unspecified atom stereocenters. The lowest BCUT2D eigenvalue weighted by molar-refractivity contribution is 0.174. The first kappa shape index (κ1) is 17.0. The fourth-order valence-electron chi connectivity index (χ4n) is 2.39. The lowest BCUT2D eigenvalue weighted by Gasteiger charge is -2.05. The average molecular weight is 393 g/mol. The maximum absolute atomic E-state index is 12.5. The molecule has 0 fully saturated rings. The Morgan fingerprint density at radius 1 is 1.23 bits per heavy atom. The van der Waals surface area contributed by atoms with E-state index in [4.69, 9.17) is 14.0 Å². The summed E-state index contributed by atoms with van der Waals surface area (Å²) >= 11 is 1.11. The normalized spacial score (nSPS) is 13.3. The summed E-state index contributed by atoms with van der Waals surface area (Å²) in [6, 6.07) is 6.85. The minimum Gasteiger partial charge on any atom is -0.454 e. The summed E-state index contributed by atoms with van der Waals surface area (Å²) in [5, 5.41) is 5.55. The molecular weight excluding hydrogens is 378 g/mol. The smallest absolute Gasteiger partial charge is 0.250 e. The van der Waals surface area contributed by atoms with Crippen LogP contribution in [0.25, 0.3) is 11.4 Å². The number of nitrogens with one attached hydrogen (secondary N) is 1. The number of hydrogen-bond acceptors (Lipinski definition) is 8. The number of fused-ring (bicyclic) bond motifs is 1. The zero-order valence-electron chi connectivity index (χ0n) is 13.8. The Morgan fingerprint density at radius 3 is 2.88 bits per heavy atom. The van der Waals surface area contributed by atoms with Crippen molar-refractivity contribution in [2.75, 3.05) is 6.79 Å². The molecule has 1 aliphatic rings. The Hall–Kier alpha value is -2.43. The second-order valence-corrected chi connectivity index (χ2v) is 8.44. The van der Waals surface area contributed by atoms with Gasteiger partial charge in [-0.3, -0.25) is 0 Å². The standard InChI is InChI=1S/C16H15N3O5S2/c1-2-14-18-16(19-24-14)11-6-15(25-8-11)26(20,21)17-7-10-3-4-12-13(5-10)23-9-22-12/h3-6,8,17H,2,7,9H2,1H3. The van der Waals surface area contributed by atoms with Crippen molar-refractivity contribution < 1.29 is 22.4 Å². The SMILES string of the molecule is CCc1nc(-c2csc(S(=O)(=O)NCc3ccc4c(c3)OCO4)c2)no1. The first-order valence-electron chi connectivity index (χ1n) is 7.85. The van der Waals surface area contributed by atoms with Crippen molar-refractivity contribution in [2.24, 2.45) is 0 Å². The van der Waals surface area contributed by atoms with E-state index in [-0.39, 0.29) is 17.5 Å². The van der Waals surface area contributed by atoms with Gasteiger partial charge in [-0.1, -0.05) is 18.1 Å². The van der Waals surface area contributed by atoms with E-state index in [1.165, 1.54) is 6.07 Å². The van der Waals surface area contributed by atoms with E-state index in [2.05, 4.69) is 14.9 Å². The summed E-state index contributed by atoms with van der Waals surface area (Å²) < 4.78 is 43.4. The van der Waals surface area contributed by atoms with Gasteiger partial charge in [0.25, 0.3) is 0 Å². The molecule has 0 bridgehead atoms. The molecule has 1 N–H and O–H groups in total. The van der Waals surface area contributed by atoms with Crippen LogP contribution in [0.3, 0.4) is 0 Å². The highest BCUT2D eigenvalue weighted by molar-refractivity contribution is 7.91. The Labute approximate surface area is 153 Å². The number of aromatic nitrogens is 2. The van der Waals surface area contributed by atoms with E-state index >= 15 is 0 Å². The van der Waals surface area contributed by atoms with Gasteiger partial charge in [-0.25, -0.2) is 13.1 Å². The third-order valence-electron chi connectivity index (χ3n) is 3.77. The summed E-state index contributed by atoms with van der Waals surface area (Å²) in [6.45, 7) is 2.23. The molecule has 0 atom stereocenters. The molecule has 8 nitrogen and oxygen atoms in total. The van der Waals surface area contributed by atoms with Crippen LogP contribution >= 0.6 is 11.3 Å². The zero-order valence-corrected chi connectivity index (χ0v) is 15.4. The number of ether oxygens (including phenoxy) is 2. The van der Waals surface area contributed by atoms with Crippen LogP contribution in [0.5, 0.6) is 11.5 Å². The maximum atomic E-state index is 12.5. The highest BCUT2D eigenvalue weighted by atomic mass is 32.2. The van der Waals surface area contributed by atoms with Gasteiger partial charge in [0.15, 0.2) is 11.5 Å². The molecule has 2 aromatic heterocycles. The summed E-state index contributed by atoms with van der Waals surface area (Å²) in [4.78, 5) is 4.21. The number of aryl methyl sites for hydroxylation is 1. The molecular formula is C16H15N3O5S2. The van der Waals surface area contributed by atoms with Crippen LogP contribution in [0.1, 0.15) is 18.4 Å². The summed E-state index contributed by atoms with van der Waals surface area (Å²) in [7, 11) is -3.65. The van der Waals surface area contributed by atoms with Gasteiger partial charge in [0.05, 0.1) is 0 Å². The van der Waals surface area contributed by atoms with Crippen molar-refractivity contribution in [1.82, 2.24) is 14.9 Å². The van der Waals surface area contributed by atoms with Gasteiger partial charge < -0.3 is 14.0 Å². The highest BCUT2D eigenvalue weighted by Crippen LogP contribution is 2.32. The van der Waals surface area contributed by atoms with Gasteiger partial charge >= 0.3 is 0 Å². The Kier molecular flexibility index (Phi) is 4.39. The summed E-state index contributed by atoms with van der Waals surface area (Å²) in [5.74, 6) is 2.17. The number of sulfonamides is 1. The van der Waals surface area contributed by atoms with Crippen LogP contribution in [0.15, 0.2) is 38.4 Å². The zero-order chi connectivity index (χ0) is 18.1. The molecule has 0 aliphatic carbocycles. The molecule has 1 aliphatic heterocycles. The van der Waals surface area contributed by atoms with Gasteiger partial charge in [0.2, 0.25) is 28.5 Å². The fourth-order valence-corrected chi connectivity index (χ4v) is 4.61. The predicted octanol–water partition coefficient (Wildman–Crippen LogP) is 2.57. The number of benzene rings is 1.